The predicted molar refractivity (Wildman–Crippen MR) is 133 cm³/mol. The first kappa shape index (κ1) is 24.3. The lowest BCUT2D eigenvalue weighted by molar-refractivity contribution is -0.123. The zero-order valence-corrected chi connectivity index (χ0v) is 20.1. The van der Waals surface area contributed by atoms with Gasteiger partial charge in [-0.3, -0.25) is 14.5 Å². The van der Waals surface area contributed by atoms with E-state index in [1.54, 1.807) is 31.4 Å². The molecule has 1 saturated heterocycles. The van der Waals surface area contributed by atoms with E-state index in [1.165, 1.54) is 29.8 Å². The molecule has 0 spiro atoms. The van der Waals surface area contributed by atoms with Gasteiger partial charge in [0.15, 0.2) is 11.5 Å². The van der Waals surface area contributed by atoms with Crippen molar-refractivity contribution in [3.8, 4) is 17.2 Å². The summed E-state index contributed by atoms with van der Waals surface area (Å²) < 4.78 is 29.9. The summed E-state index contributed by atoms with van der Waals surface area (Å²) in [4.78, 5) is 26.6. The summed E-state index contributed by atoms with van der Waals surface area (Å²) >= 11 is 0.872. The van der Waals surface area contributed by atoms with Gasteiger partial charge < -0.3 is 14.2 Å². The Morgan fingerprint density at radius 2 is 1.69 bits per heavy atom. The lowest BCUT2D eigenvalue weighted by Gasteiger charge is -2.13. The zero-order chi connectivity index (χ0) is 24.8. The molecule has 1 heterocycles. The number of nitrogens with zero attached hydrogens (tertiary/aromatic N) is 1. The number of hydrogen-bond donors (Lipinski definition) is 0. The molecule has 1 fully saturated rings. The number of methoxy groups -OCH3 is 1. The molecule has 0 unspecified atom stereocenters. The Bertz CT molecular complexity index is 1240. The second kappa shape index (κ2) is 11.1. The lowest BCUT2D eigenvalue weighted by atomic mass is 10.1. The molecule has 0 bridgehead atoms. The number of carbonyl (C=O) groups excluding carboxylic acids is 2. The van der Waals surface area contributed by atoms with Crippen LogP contribution in [0.3, 0.4) is 0 Å². The van der Waals surface area contributed by atoms with Gasteiger partial charge in [-0.25, -0.2) is 4.39 Å². The lowest BCUT2D eigenvalue weighted by Crippen LogP contribution is -2.32. The maximum Gasteiger partial charge on any atom is 0.293 e. The number of carbonyl (C=O) groups is 2. The maximum atomic E-state index is 13.0. The van der Waals surface area contributed by atoms with Gasteiger partial charge in [0, 0.05) is 0 Å². The molecule has 0 radical (unpaired) electrons. The van der Waals surface area contributed by atoms with E-state index in [2.05, 4.69) is 0 Å². The van der Waals surface area contributed by atoms with Gasteiger partial charge in [0.25, 0.3) is 11.1 Å². The van der Waals surface area contributed by atoms with E-state index in [0.717, 1.165) is 22.2 Å². The minimum absolute atomic E-state index is 0.0918. The number of imide groups is 1. The summed E-state index contributed by atoms with van der Waals surface area (Å²) in [6.07, 6.45) is 1.65. The Kier molecular flexibility index (Phi) is 7.72. The van der Waals surface area contributed by atoms with Crippen molar-refractivity contribution in [3.63, 3.8) is 0 Å². The van der Waals surface area contributed by atoms with Crippen molar-refractivity contribution >= 4 is 29.0 Å². The second-order valence-corrected chi connectivity index (χ2v) is 8.81. The van der Waals surface area contributed by atoms with Crippen molar-refractivity contribution in [3.05, 3.63) is 94.1 Å². The van der Waals surface area contributed by atoms with Gasteiger partial charge in [0.05, 0.1) is 18.6 Å². The van der Waals surface area contributed by atoms with Crippen LogP contribution in [0.15, 0.2) is 71.6 Å². The van der Waals surface area contributed by atoms with Crippen LogP contribution in [0.2, 0.25) is 0 Å². The van der Waals surface area contributed by atoms with Crippen LogP contribution in [0.5, 0.6) is 17.2 Å². The molecule has 0 aliphatic carbocycles. The molecule has 0 N–H and O–H groups in total. The molecule has 6 nitrogen and oxygen atoms in total. The largest absolute Gasteiger partial charge is 0.493 e. The quantitative estimate of drug-likeness (QED) is 0.349. The summed E-state index contributed by atoms with van der Waals surface area (Å²) in [5, 5.41) is -0.367. The third kappa shape index (κ3) is 6.22. The third-order valence-corrected chi connectivity index (χ3v) is 6.18. The molecule has 8 heteroatoms. The zero-order valence-electron chi connectivity index (χ0n) is 19.3. The maximum absolute atomic E-state index is 13.0. The molecular formula is C27H24FNO5S. The highest BCUT2D eigenvalue weighted by Crippen LogP contribution is 2.34. The first-order valence-corrected chi connectivity index (χ1v) is 11.7. The van der Waals surface area contributed by atoms with Gasteiger partial charge in [-0.05, 0) is 72.3 Å². The number of aryl methyl sites for hydroxylation is 1. The fraction of sp³-hybridized carbons (Fsp3) is 0.185. The Morgan fingerprint density at radius 3 is 2.40 bits per heavy atom. The van der Waals surface area contributed by atoms with Crippen LogP contribution in [0, 0.1) is 12.7 Å². The summed E-state index contributed by atoms with van der Waals surface area (Å²) in [6.45, 7) is 2.63. The minimum atomic E-state index is -0.388. The average Bonchev–Trinajstić information content (AvgIpc) is 3.12. The monoisotopic (exact) mass is 493 g/mol. The van der Waals surface area contributed by atoms with E-state index in [-0.39, 0.29) is 30.1 Å². The number of amides is 2. The van der Waals surface area contributed by atoms with Crippen LogP contribution < -0.4 is 14.2 Å². The van der Waals surface area contributed by atoms with E-state index in [0.29, 0.717) is 34.3 Å². The smallest absolute Gasteiger partial charge is 0.293 e. The number of benzene rings is 3. The molecule has 1 aliphatic heterocycles. The Balaban J connectivity index is 1.38. The number of ether oxygens (including phenoxy) is 3. The van der Waals surface area contributed by atoms with Crippen LogP contribution in [-0.4, -0.2) is 36.3 Å². The van der Waals surface area contributed by atoms with Crippen molar-refractivity contribution in [1.82, 2.24) is 4.90 Å². The van der Waals surface area contributed by atoms with Gasteiger partial charge in [-0.2, -0.15) is 0 Å². The summed E-state index contributed by atoms with van der Waals surface area (Å²) in [7, 11) is 1.55. The fourth-order valence-corrected chi connectivity index (χ4v) is 4.23. The molecule has 180 valence electrons. The molecular weight excluding hydrogens is 469 g/mol. The second-order valence-electron chi connectivity index (χ2n) is 7.82. The van der Waals surface area contributed by atoms with E-state index in [1.807, 2.05) is 31.2 Å². The number of hydrogen-bond acceptors (Lipinski definition) is 6. The average molecular weight is 494 g/mol. The van der Waals surface area contributed by atoms with Crippen LogP contribution >= 0.6 is 11.8 Å². The molecule has 0 saturated carbocycles. The van der Waals surface area contributed by atoms with Crippen LogP contribution in [0.4, 0.5) is 9.18 Å². The van der Waals surface area contributed by atoms with Crippen LogP contribution in [0.1, 0.15) is 16.7 Å². The fourth-order valence-electron chi connectivity index (χ4n) is 3.37. The van der Waals surface area contributed by atoms with E-state index in [4.69, 9.17) is 14.2 Å². The van der Waals surface area contributed by atoms with Crippen molar-refractivity contribution in [2.75, 3.05) is 20.3 Å². The van der Waals surface area contributed by atoms with Crippen molar-refractivity contribution in [1.29, 1.82) is 0 Å². The minimum Gasteiger partial charge on any atom is -0.493 e. The van der Waals surface area contributed by atoms with Crippen molar-refractivity contribution in [2.45, 2.75) is 13.5 Å². The van der Waals surface area contributed by atoms with Crippen molar-refractivity contribution < 1.29 is 28.2 Å². The third-order valence-electron chi connectivity index (χ3n) is 5.27. The number of thioether (sulfide) groups is 1. The SMILES string of the molecule is COc1cc(/C=C2\SC(=O)N(CCOc3ccc(F)cc3)C2=O)ccc1OCc1ccc(C)cc1. The van der Waals surface area contributed by atoms with Gasteiger partial charge in [0.1, 0.15) is 24.8 Å². The van der Waals surface area contributed by atoms with Gasteiger partial charge in [0.2, 0.25) is 0 Å². The Hall–Kier alpha value is -3.78. The highest BCUT2D eigenvalue weighted by atomic mass is 32.2. The standard InChI is InChI=1S/C27H24FNO5S/c1-18-3-5-19(6-4-18)17-34-23-12-7-20(15-24(23)32-2)16-25-26(30)29(27(31)35-25)13-14-33-22-10-8-21(28)9-11-22/h3-12,15-16H,13-14,17H2,1-2H3/b25-16-. The normalized spacial score (nSPS) is 14.5. The summed E-state index contributed by atoms with van der Waals surface area (Å²) in [5.41, 5.74) is 2.93. The van der Waals surface area contributed by atoms with Gasteiger partial charge in [-0.15, -0.1) is 0 Å². The summed E-state index contributed by atoms with van der Waals surface area (Å²) in [5.74, 6) is 0.817. The van der Waals surface area contributed by atoms with Gasteiger partial charge >= 0.3 is 0 Å². The van der Waals surface area contributed by atoms with Crippen LogP contribution in [0.25, 0.3) is 6.08 Å². The Morgan fingerprint density at radius 1 is 0.943 bits per heavy atom. The molecule has 4 rings (SSSR count). The predicted octanol–water partition coefficient (Wildman–Crippen LogP) is 5.84. The van der Waals surface area contributed by atoms with E-state index < -0.39 is 0 Å². The molecule has 1 aliphatic rings. The Labute approximate surface area is 207 Å². The topological polar surface area (TPSA) is 65.1 Å². The molecule has 3 aromatic rings. The van der Waals surface area contributed by atoms with Crippen molar-refractivity contribution in [2.24, 2.45) is 0 Å². The van der Waals surface area contributed by atoms with Crippen LogP contribution in [-0.2, 0) is 11.4 Å². The highest BCUT2D eigenvalue weighted by Gasteiger charge is 2.34. The van der Waals surface area contributed by atoms with Gasteiger partial charge in [-0.1, -0.05) is 35.9 Å². The number of halogens is 1. The highest BCUT2D eigenvalue weighted by molar-refractivity contribution is 8.18. The number of rotatable bonds is 9. The first-order valence-electron chi connectivity index (χ1n) is 10.9. The first-order chi connectivity index (χ1) is 16.9. The summed E-state index contributed by atoms with van der Waals surface area (Å²) in [6, 6.07) is 19.0. The molecule has 0 aromatic heterocycles. The molecule has 3 aromatic carbocycles. The molecule has 2 amide bonds. The van der Waals surface area contributed by atoms with E-state index >= 15 is 0 Å². The van der Waals surface area contributed by atoms with E-state index in [9.17, 15) is 14.0 Å². The molecule has 35 heavy (non-hydrogen) atoms. The molecule has 0 atom stereocenters.